The molecule has 0 amide bonds. The van der Waals surface area contributed by atoms with E-state index in [0.29, 0.717) is 0 Å². The third kappa shape index (κ3) is 2.94. The second-order valence-electron chi connectivity index (χ2n) is 7.14. The minimum Gasteiger partial charge on any atom is -0.357 e. The number of aromatic amines is 1. The first kappa shape index (κ1) is 15.0. The maximum Gasteiger partial charge on any atom is 0.104 e. The molecule has 0 bridgehead atoms. The van der Waals surface area contributed by atoms with Crippen LogP contribution in [0.4, 0.5) is 5.69 Å². The number of hydrogen-bond donors (Lipinski definition) is 1. The molecule has 24 heavy (non-hydrogen) atoms. The van der Waals surface area contributed by atoms with Crippen molar-refractivity contribution in [2.45, 2.75) is 38.8 Å². The monoisotopic (exact) mass is 317 g/mol. The van der Waals surface area contributed by atoms with Gasteiger partial charge in [-0.3, -0.25) is 4.99 Å². The molecule has 3 aromatic rings. The number of nitrogens with zero attached hydrogens (tertiary/aromatic N) is 2. The molecule has 1 aliphatic rings. The predicted molar refractivity (Wildman–Crippen MR) is 102 cm³/mol. The smallest absolute Gasteiger partial charge is 0.104 e. The Labute approximate surface area is 143 Å². The first-order valence-corrected chi connectivity index (χ1v) is 8.59. The van der Waals surface area contributed by atoms with Crippen molar-refractivity contribution in [2.75, 3.05) is 4.90 Å². The second kappa shape index (κ2) is 5.82. The van der Waals surface area contributed by atoms with Gasteiger partial charge in [0.15, 0.2) is 0 Å². The van der Waals surface area contributed by atoms with E-state index in [1.165, 1.54) is 28.1 Å². The van der Waals surface area contributed by atoms with Crippen LogP contribution in [0.3, 0.4) is 0 Å². The number of para-hydroxylation sites is 2. The van der Waals surface area contributed by atoms with Crippen LogP contribution in [0.25, 0.3) is 10.9 Å². The Morgan fingerprint density at radius 3 is 2.50 bits per heavy atom. The Bertz CT molecular complexity index is 841. The van der Waals surface area contributed by atoms with Crippen molar-refractivity contribution in [3.8, 4) is 0 Å². The van der Waals surface area contributed by atoms with E-state index in [1.807, 2.05) is 0 Å². The van der Waals surface area contributed by atoms with E-state index < -0.39 is 0 Å². The fraction of sp³-hybridized carbons (Fsp3) is 0.286. The molecule has 4 rings (SSSR count). The second-order valence-corrected chi connectivity index (χ2v) is 7.14. The summed E-state index contributed by atoms with van der Waals surface area (Å²) >= 11 is 0. The standard InChI is InChI=1S/C21H23N3/c1-21(2)13-12-20(23-21)24(18-9-4-3-5-10-18)15-17-14-16-8-6-7-11-19(16)22-17/h3-11,14,22H,12-13,15H2,1-2H3. The number of aliphatic imine (C=N–C) groups is 1. The topological polar surface area (TPSA) is 31.4 Å². The lowest BCUT2D eigenvalue weighted by Crippen LogP contribution is -2.29. The number of benzene rings is 2. The quantitative estimate of drug-likeness (QED) is 0.712. The molecule has 0 unspecified atom stereocenters. The van der Waals surface area contributed by atoms with Gasteiger partial charge in [-0.25, -0.2) is 0 Å². The lowest BCUT2D eigenvalue weighted by molar-refractivity contribution is 0.522. The fourth-order valence-corrected chi connectivity index (χ4v) is 3.40. The lowest BCUT2D eigenvalue weighted by atomic mass is 10.0. The van der Waals surface area contributed by atoms with Crippen LogP contribution in [0.5, 0.6) is 0 Å². The Balaban J connectivity index is 1.70. The van der Waals surface area contributed by atoms with Crippen molar-refractivity contribution < 1.29 is 0 Å². The van der Waals surface area contributed by atoms with Crippen molar-refractivity contribution in [1.82, 2.24) is 4.98 Å². The van der Waals surface area contributed by atoms with Gasteiger partial charge in [-0.1, -0.05) is 36.4 Å². The van der Waals surface area contributed by atoms with Crippen molar-refractivity contribution in [1.29, 1.82) is 0 Å². The van der Waals surface area contributed by atoms with Gasteiger partial charge in [0, 0.05) is 23.3 Å². The van der Waals surface area contributed by atoms with E-state index in [9.17, 15) is 0 Å². The van der Waals surface area contributed by atoms with Crippen LogP contribution >= 0.6 is 0 Å². The Morgan fingerprint density at radius 2 is 1.79 bits per heavy atom. The summed E-state index contributed by atoms with van der Waals surface area (Å²) in [5.41, 5.74) is 3.65. The van der Waals surface area contributed by atoms with Crippen molar-refractivity contribution in [2.24, 2.45) is 4.99 Å². The molecular weight excluding hydrogens is 294 g/mol. The first-order chi connectivity index (χ1) is 11.6. The normalized spacial score (nSPS) is 16.3. The van der Waals surface area contributed by atoms with E-state index in [2.05, 4.69) is 84.4 Å². The molecule has 3 nitrogen and oxygen atoms in total. The van der Waals surface area contributed by atoms with Crippen molar-refractivity contribution in [3.05, 3.63) is 66.4 Å². The minimum atomic E-state index is 0.0445. The molecule has 1 aromatic heterocycles. The average molecular weight is 317 g/mol. The number of anilines is 1. The molecule has 0 saturated heterocycles. The van der Waals surface area contributed by atoms with Gasteiger partial charge in [0.2, 0.25) is 0 Å². The van der Waals surface area contributed by atoms with E-state index in [1.54, 1.807) is 0 Å². The van der Waals surface area contributed by atoms with Crippen molar-refractivity contribution >= 4 is 22.4 Å². The van der Waals surface area contributed by atoms with E-state index in [4.69, 9.17) is 4.99 Å². The zero-order valence-electron chi connectivity index (χ0n) is 14.3. The van der Waals surface area contributed by atoms with E-state index >= 15 is 0 Å². The summed E-state index contributed by atoms with van der Waals surface area (Å²) in [6, 6.07) is 21.2. The number of rotatable bonds is 3. The number of fused-ring (bicyclic) bond motifs is 1. The highest BCUT2D eigenvalue weighted by atomic mass is 15.2. The Hall–Kier alpha value is -2.55. The van der Waals surface area contributed by atoms with Crippen LogP contribution in [0.2, 0.25) is 0 Å². The zero-order valence-corrected chi connectivity index (χ0v) is 14.3. The van der Waals surface area contributed by atoms with Crippen LogP contribution in [0, 0.1) is 0 Å². The lowest BCUT2D eigenvalue weighted by Gasteiger charge is -2.24. The largest absolute Gasteiger partial charge is 0.357 e. The molecule has 0 aliphatic carbocycles. The van der Waals surface area contributed by atoms with Gasteiger partial charge in [-0.15, -0.1) is 0 Å². The maximum absolute atomic E-state index is 4.98. The fourth-order valence-electron chi connectivity index (χ4n) is 3.40. The van der Waals surface area contributed by atoms with Crippen LogP contribution in [0.15, 0.2) is 65.7 Å². The summed E-state index contributed by atoms with van der Waals surface area (Å²) in [5, 5.41) is 1.26. The molecule has 0 fully saturated rings. The highest BCUT2D eigenvalue weighted by Crippen LogP contribution is 2.29. The van der Waals surface area contributed by atoms with E-state index in [0.717, 1.165) is 19.4 Å². The van der Waals surface area contributed by atoms with Crippen LogP contribution in [0.1, 0.15) is 32.4 Å². The Morgan fingerprint density at radius 1 is 1.04 bits per heavy atom. The molecule has 122 valence electrons. The SMILES string of the molecule is CC1(C)CCC(N(Cc2cc3ccccc3[nH]2)c2ccccc2)=N1. The van der Waals surface area contributed by atoms with Gasteiger partial charge >= 0.3 is 0 Å². The molecule has 0 saturated carbocycles. The summed E-state index contributed by atoms with van der Waals surface area (Å²) in [4.78, 5) is 10.9. The molecule has 1 N–H and O–H groups in total. The molecule has 2 aromatic carbocycles. The van der Waals surface area contributed by atoms with Crippen LogP contribution in [-0.2, 0) is 6.54 Å². The average Bonchev–Trinajstić information content (AvgIpc) is 3.15. The third-order valence-corrected chi connectivity index (χ3v) is 4.69. The summed E-state index contributed by atoms with van der Waals surface area (Å²) in [6.07, 6.45) is 2.14. The molecule has 0 radical (unpaired) electrons. The molecule has 0 atom stereocenters. The van der Waals surface area contributed by atoms with E-state index in [-0.39, 0.29) is 5.54 Å². The van der Waals surface area contributed by atoms with Crippen molar-refractivity contribution in [3.63, 3.8) is 0 Å². The summed E-state index contributed by atoms with van der Waals surface area (Å²) in [6.45, 7) is 5.24. The molecule has 2 heterocycles. The zero-order chi connectivity index (χ0) is 16.6. The summed E-state index contributed by atoms with van der Waals surface area (Å²) in [7, 11) is 0. The van der Waals surface area contributed by atoms with Crippen LogP contribution in [-0.4, -0.2) is 16.4 Å². The Kier molecular flexibility index (Phi) is 3.64. The summed E-state index contributed by atoms with van der Waals surface area (Å²) in [5.74, 6) is 1.19. The molecule has 0 spiro atoms. The van der Waals surface area contributed by atoms with Gasteiger partial charge in [0.25, 0.3) is 0 Å². The number of aromatic nitrogens is 1. The first-order valence-electron chi connectivity index (χ1n) is 8.59. The highest BCUT2D eigenvalue weighted by molar-refractivity contribution is 5.99. The molecule has 3 heteroatoms. The minimum absolute atomic E-state index is 0.0445. The van der Waals surface area contributed by atoms with Crippen LogP contribution < -0.4 is 4.90 Å². The molecular formula is C21H23N3. The number of nitrogens with one attached hydrogen (secondary N) is 1. The predicted octanol–water partition coefficient (Wildman–Crippen LogP) is 5.15. The van der Waals surface area contributed by atoms with Gasteiger partial charge in [-0.2, -0.15) is 0 Å². The van der Waals surface area contributed by atoms with Gasteiger partial charge in [0.05, 0.1) is 12.1 Å². The number of amidine groups is 1. The number of hydrogen-bond acceptors (Lipinski definition) is 2. The summed E-state index contributed by atoms with van der Waals surface area (Å²) < 4.78 is 0. The number of H-pyrrole nitrogens is 1. The molecule has 1 aliphatic heterocycles. The third-order valence-electron chi connectivity index (χ3n) is 4.69. The highest BCUT2D eigenvalue weighted by Gasteiger charge is 2.28. The van der Waals surface area contributed by atoms with Gasteiger partial charge < -0.3 is 9.88 Å². The van der Waals surface area contributed by atoms with Gasteiger partial charge in [0.1, 0.15) is 5.84 Å². The van der Waals surface area contributed by atoms with Gasteiger partial charge in [-0.05, 0) is 49.9 Å². The maximum atomic E-state index is 4.98.